The quantitative estimate of drug-likeness (QED) is 0.746. The molecule has 0 aliphatic rings. The molecule has 0 heterocycles. The summed E-state index contributed by atoms with van der Waals surface area (Å²) in [4.78, 5) is 10.7. The molecule has 5 heteroatoms. The molecule has 0 unspecified atom stereocenters. The molecular formula is C12H16ClNO2S. The third-order valence-electron chi connectivity index (χ3n) is 2.31. The normalized spacial score (nSPS) is 10.2. The highest BCUT2D eigenvalue weighted by Crippen LogP contribution is 2.23. The van der Waals surface area contributed by atoms with Crippen molar-refractivity contribution in [2.24, 2.45) is 0 Å². The second kappa shape index (κ2) is 7.45. The van der Waals surface area contributed by atoms with E-state index in [2.05, 4.69) is 11.6 Å². The average Bonchev–Trinajstić information content (AvgIpc) is 2.30. The maximum Gasteiger partial charge on any atom is 0.335 e. The Labute approximate surface area is 111 Å². The van der Waals surface area contributed by atoms with E-state index in [1.54, 1.807) is 12.1 Å². The molecule has 0 spiro atoms. The van der Waals surface area contributed by atoms with Crippen LogP contribution < -0.4 is 5.32 Å². The fraction of sp³-hybridized carbons (Fsp3) is 0.417. The number of nitrogens with one attached hydrogen (secondary N) is 1. The molecule has 0 atom stereocenters. The van der Waals surface area contributed by atoms with E-state index in [1.165, 1.54) is 12.5 Å². The summed E-state index contributed by atoms with van der Waals surface area (Å²) in [5, 5.41) is 12.4. The molecule has 0 aliphatic heterocycles. The summed E-state index contributed by atoms with van der Waals surface area (Å²) in [5.41, 5.74) is 1.00. The van der Waals surface area contributed by atoms with Crippen LogP contribution in [0.1, 0.15) is 23.2 Å². The van der Waals surface area contributed by atoms with Crippen molar-refractivity contribution in [2.75, 3.05) is 23.9 Å². The fourth-order valence-corrected chi connectivity index (χ4v) is 2.13. The minimum atomic E-state index is -0.960. The number of carbonyl (C=O) groups is 1. The van der Waals surface area contributed by atoms with Crippen LogP contribution >= 0.6 is 23.4 Å². The molecular weight excluding hydrogens is 258 g/mol. The molecule has 2 N–H and O–H groups in total. The van der Waals surface area contributed by atoms with Crippen LogP contribution in [-0.2, 0) is 0 Å². The predicted octanol–water partition coefficient (Wildman–Crippen LogP) is 3.59. The Morgan fingerprint density at radius 1 is 1.47 bits per heavy atom. The van der Waals surface area contributed by atoms with E-state index in [0.717, 1.165) is 24.4 Å². The molecule has 0 saturated carbocycles. The highest BCUT2D eigenvalue weighted by molar-refractivity contribution is 7.98. The van der Waals surface area contributed by atoms with Gasteiger partial charge in [0.25, 0.3) is 0 Å². The van der Waals surface area contributed by atoms with Crippen LogP contribution in [0.2, 0.25) is 5.02 Å². The van der Waals surface area contributed by atoms with Gasteiger partial charge in [0, 0.05) is 6.54 Å². The van der Waals surface area contributed by atoms with Gasteiger partial charge in [0.2, 0.25) is 0 Å². The van der Waals surface area contributed by atoms with Crippen LogP contribution in [0, 0.1) is 0 Å². The van der Waals surface area contributed by atoms with Gasteiger partial charge in [0.1, 0.15) is 0 Å². The van der Waals surface area contributed by atoms with Crippen LogP contribution in [0.15, 0.2) is 18.2 Å². The van der Waals surface area contributed by atoms with E-state index in [9.17, 15) is 4.79 Å². The molecule has 3 nitrogen and oxygen atoms in total. The topological polar surface area (TPSA) is 49.3 Å². The lowest BCUT2D eigenvalue weighted by atomic mass is 10.2. The van der Waals surface area contributed by atoms with Gasteiger partial charge >= 0.3 is 5.97 Å². The smallest absolute Gasteiger partial charge is 0.335 e. The molecule has 0 radical (unpaired) electrons. The van der Waals surface area contributed by atoms with Crippen molar-refractivity contribution in [2.45, 2.75) is 12.8 Å². The van der Waals surface area contributed by atoms with E-state index >= 15 is 0 Å². The van der Waals surface area contributed by atoms with Crippen molar-refractivity contribution in [1.29, 1.82) is 0 Å². The lowest BCUT2D eigenvalue weighted by Crippen LogP contribution is -2.03. The number of rotatable bonds is 7. The van der Waals surface area contributed by atoms with Gasteiger partial charge in [-0.05, 0) is 43.0 Å². The standard InChI is InChI=1S/C12H16ClNO2S/c1-17-7-3-2-6-14-11-5-4-9(12(15)16)8-10(11)13/h4-5,8,14H,2-3,6-7H2,1H3,(H,15,16). The molecule has 17 heavy (non-hydrogen) atoms. The maximum atomic E-state index is 10.7. The molecule has 0 fully saturated rings. The summed E-state index contributed by atoms with van der Waals surface area (Å²) < 4.78 is 0. The van der Waals surface area contributed by atoms with Crippen molar-refractivity contribution in [1.82, 2.24) is 0 Å². The average molecular weight is 274 g/mol. The van der Waals surface area contributed by atoms with Crippen LogP contribution in [0.25, 0.3) is 0 Å². The van der Waals surface area contributed by atoms with Crippen LogP contribution in [0.5, 0.6) is 0 Å². The summed E-state index contributed by atoms with van der Waals surface area (Å²) in [6.45, 7) is 0.854. The Morgan fingerprint density at radius 3 is 2.82 bits per heavy atom. The van der Waals surface area contributed by atoms with E-state index in [-0.39, 0.29) is 5.56 Å². The molecule has 0 aliphatic carbocycles. The van der Waals surface area contributed by atoms with Crippen LogP contribution in [-0.4, -0.2) is 29.6 Å². The third-order valence-corrected chi connectivity index (χ3v) is 3.32. The number of anilines is 1. The summed E-state index contributed by atoms with van der Waals surface area (Å²) in [5.74, 6) is 0.200. The number of unbranched alkanes of at least 4 members (excludes halogenated alkanes) is 1. The van der Waals surface area contributed by atoms with Gasteiger partial charge in [-0.1, -0.05) is 11.6 Å². The number of aromatic carboxylic acids is 1. The van der Waals surface area contributed by atoms with E-state index in [1.807, 2.05) is 11.8 Å². The summed E-state index contributed by atoms with van der Waals surface area (Å²) in [7, 11) is 0. The van der Waals surface area contributed by atoms with E-state index in [4.69, 9.17) is 16.7 Å². The first-order valence-electron chi connectivity index (χ1n) is 5.41. The number of hydrogen-bond donors (Lipinski definition) is 2. The molecule has 0 aromatic heterocycles. The Balaban J connectivity index is 2.46. The van der Waals surface area contributed by atoms with Crippen molar-refractivity contribution in [3.63, 3.8) is 0 Å². The SMILES string of the molecule is CSCCCCNc1ccc(C(=O)O)cc1Cl. The van der Waals surface area contributed by atoms with E-state index in [0.29, 0.717) is 5.02 Å². The summed E-state index contributed by atoms with van der Waals surface area (Å²) in [6.07, 6.45) is 4.34. The first-order chi connectivity index (χ1) is 8.15. The maximum absolute atomic E-state index is 10.7. The highest BCUT2D eigenvalue weighted by atomic mass is 35.5. The van der Waals surface area contributed by atoms with Gasteiger partial charge < -0.3 is 10.4 Å². The Hall–Kier alpha value is -0.870. The molecule has 1 rings (SSSR count). The van der Waals surface area contributed by atoms with Gasteiger partial charge in [0.15, 0.2) is 0 Å². The number of hydrogen-bond acceptors (Lipinski definition) is 3. The van der Waals surface area contributed by atoms with Crippen LogP contribution in [0.4, 0.5) is 5.69 Å². The summed E-state index contributed by atoms with van der Waals surface area (Å²) in [6, 6.07) is 4.73. The molecule has 0 amide bonds. The van der Waals surface area contributed by atoms with E-state index < -0.39 is 5.97 Å². The monoisotopic (exact) mass is 273 g/mol. The Kier molecular flexibility index (Phi) is 6.22. The Bertz CT molecular complexity index is 385. The molecule has 94 valence electrons. The van der Waals surface area contributed by atoms with Gasteiger partial charge in [-0.2, -0.15) is 11.8 Å². The molecule has 0 bridgehead atoms. The van der Waals surface area contributed by atoms with Gasteiger partial charge in [-0.3, -0.25) is 0 Å². The van der Waals surface area contributed by atoms with Crippen molar-refractivity contribution < 1.29 is 9.90 Å². The molecule has 0 saturated heterocycles. The largest absolute Gasteiger partial charge is 0.478 e. The zero-order valence-corrected chi connectivity index (χ0v) is 11.3. The first kappa shape index (κ1) is 14.2. The van der Waals surface area contributed by atoms with Crippen LogP contribution in [0.3, 0.4) is 0 Å². The lowest BCUT2D eigenvalue weighted by Gasteiger charge is -2.08. The highest BCUT2D eigenvalue weighted by Gasteiger charge is 2.06. The lowest BCUT2D eigenvalue weighted by molar-refractivity contribution is 0.0697. The minimum Gasteiger partial charge on any atom is -0.478 e. The zero-order valence-electron chi connectivity index (χ0n) is 9.70. The zero-order chi connectivity index (χ0) is 12.7. The van der Waals surface area contributed by atoms with Gasteiger partial charge in [-0.15, -0.1) is 0 Å². The fourth-order valence-electron chi connectivity index (χ4n) is 1.39. The van der Waals surface area contributed by atoms with Crippen molar-refractivity contribution >= 4 is 35.0 Å². The van der Waals surface area contributed by atoms with Crippen molar-refractivity contribution in [3.8, 4) is 0 Å². The van der Waals surface area contributed by atoms with Gasteiger partial charge in [0.05, 0.1) is 16.3 Å². The summed E-state index contributed by atoms with van der Waals surface area (Å²) >= 11 is 7.82. The number of halogens is 1. The molecule has 1 aromatic rings. The second-order valence-corrected chi connectivity index (χ2v) is 5.02. The minimum absolute atomic E-state index is 0.211. The number of benzene rings is 1. The van der Waals surface area contributed by atoms with Gasteiger partial charge in [-0.25, -0.2) is 4.79 Å². The number of thioether (sulfide) groups is 1. The third kappa shape index (κ3) is 4.88. The first-order valence-corrected chi connectivity index (χ1v) is 7.18. The predicted molar refractivity (Wildman–Crippen MR) is 74.5 cm³/mol. The second-order valence-electron chi connectivity index (χ2n) is 3.63. The Morgan fingerprint density at radius 2 is 2.24 bits per heavy atom. The van der Waals surface area contributed by atoms with Crippen molar-refractivity contribution in [3.05, 3.63) is 28.8 Å². The number of carboxylic acid groups (broad SMARTS) is 1. The molecule has 1 aromatic carbocycles. The number of carboxylic acids is 1.